The first-order valence-corrected chi connectivity index (χ1v) is 7.24. The summed E-state index contributed by atoms with van der Waals surface area (Å²) in [6.07, 6.45) is 4.93. The van der Waals surface area contributed by atoms with Gasteiger partial charge in [-0.1, -0.05) is 18.2 Å². The first-order chi connectivity index (χ1) is 11.7. The fourth-order valence-corrected chi connectivity index (χ4v) is 1.93. The van der Waals surface area contributed by atoms with E-state index in [4.69, 9.17) is 15.1 Å². The highest BCUT2D eigenvalue weighted by Gasteiger charge is 2.10. The van der Waals surface area contributed by atoms with Crippen LogP contribution in [0.25, 0.3) is 0 Å². The fourth-order valence-electron chi connectivity index (χ4n) is 1.93. The average Bonchev–Trinajstić information content (AvgIpc) is 2.61. The fraction of sp³-hybridized carbons (Fsp3) is 0.176. The second kappa shape index (κ2) is 9.02. The number of nitrogens with zero attached hydrogens (tertiary/aromatic N) is 3. The Morgan fingerprint density at radius 2 is 2.12 bits per heavy atom. The summed E-state index contributed by atoms with van der Waals surface area (Å²) < 4.78 is 5.59. The predicted molar refractivity (Wildman–Crippen MR) is 87.5 cm³/mol. The van der Waals surface area contributed by atoms with Crippen molar-refractivity contribution in [1.29, 1.82) is 5.26 Å². The molecule has 1 aromatic carbocycles. The van der Waals surface area contributed by atoms with Gasteiger partial charge in [-0.25, -0.2) is 0 Å². The van der Waals surface area contributed by atoms with Crippen molar-refractivity contribution < 1.29 is 14.6 Å². The van der Waals surface area contributed by atoms with Gasteiger partial charge >= 0.3 is 0 Å². The number of benzene rings is 1. The van der Waals surface area contributed by atoms with Crippen LogP contribution in [0.5, 0.6) is 5.75 Å². The molecule has 7 nitrogen and oxygen atoms in total. The van der Waals surface area contributed by atoms with E-state index in [0.29, 0.717) is 16.9 Å². The molecule has 0 radical (unpaired) electrons. The van der Waals surface area contributed by atoms with Crippen molar-refractivity contribution in [2.45, 2.75) is 6.42 Å². The van der Waals surface area contributed by atoms with Crippen molar-refractivity contribution in [2.24, 2.45) is 4.99 Å². The van der Waals surface area contributed by atoms with E-state index in [-0.39, 0.29) is 31.4 Å². The highest BCUT2D eigenvalue weighted by atomic mass is 16.5. The van der Waals surface area contributed by atoms with Crippen molar-refractivity contribution in [3.05, 3.63) is 59.9 Å². The highest BCUT2D eigenvalue weighted by Crippen LogP contribution is 2.12. The van der Waals surface area contributed by atoms with Crippen molar-refractivity contribution >= 4 is 11.8 Å². The van der Waals surface area contributed by atoms with Gasteiger partial charge in [0, 0.05) is 18.9 Å². The molecular weight excluding hydrogens is 308 g/mol. The zero-order chi connectivity index (χ0) is 17.2. The van der Waals surface area contributed by atoms with Crippen LogP contribution in [-0.2, 0) is 6.42 Å². The quantitative estimate of drug-likeness (QED) is 0.473. The van der Waals surface area contributed by atoms with Gasteiger partial charge in [-0.05, 0) is 23.8 Å². The molecule has 7 heteroatoms. The van der Waals surface area contributed by atoms with Crippen LogP contribution in [0.15, 0.2) is 53.8 Å². The number of nitrogens with one attached hydrogen (secondary N) is 1. The molecule has 0 aliphatic carbocycles. The molecule has 0 spiro atoms. The number of aliphatic hydroxyl groups is 1. The van der Waals surface area contributed by atoms with E-state index in [1.54, 1.807) is 30.6 Å². The minimum absolute atomic E-state index is 0.136. The van der Waals surface area contributed by atoms with E-state index in [2.05, 4.69) is 15.3 Å². The molecule has 0 fully saturated rings. The standard InChI is InChI=1S/C17H16N4O3/c18-12-21-16(24-15-4-2-1-3-5-15)9-13-8-14(11-19-10-13)17(23)20-6-7-22/h1-5,8,10-11,22H,6-7,9H2,(H,20,23). The number of pyridine rings is 1. The van der Waals surface area contributed by atoms with Gasteiger partial charge in [-0.2, -0.15) is 5.26 Å². The summed E-state index contributed by atoms with van der Waals surface area (Å²) in [6.45, 7) is 0.0318. The number of rotatable bonds is 6. The number of para-hydroxylation sites is 1. The summed E-state index contributed by atoms with van der Waals surface area (Å²) >= 11 is 0. The monoisotopic (exact) mass is 324 g/mol. The summed E-state index contributed by atoms with van der Waals surface area (Å²) in [7, 11) is 0. The molecule has 2 rings (SSSR count). The van der Waals surface area contributed by atoms with Gasteiger partial charge in [-0.15, -0.1) is 4.99 Å². The van der Waals surface area contributed by atoms with E-state index in [0.717, 1.165) is 0 Å². The number of aliphatic imine (C=N–C) groups is 1. The van der Waals surface area contributed by atoms with Gasteiger partial charge in [-0.3, -0.25) is 9.78 Å². The molecule has 2 aromatic rings. The zero-order valence-electron chi connectivity index (χ0n) is 12.8. The molecule has 0 bridgehead atoms. The van der Waals surface area contributed by atoms with Crippen molar-refractivity contribution in [1.82, 2.24) is 10.3 Å². The van der Waals surface area contributed by atoms with Crippen LogP contribution >= 0.6 is 0 Å². The first kappa shape index (κ1) is 17.1. The summed E-state index contributed by atoms with van der Waals surface area (Å²) in [6, 6.07) is 10.6. The number of carbonyl (C=O) groups excluding carboxylic acids is 1. The van der Waals surface area contributed by atoms with Crippen LogP contribution in [-0.4, -0.2) is 35.0 Å². The maximum atomic E-state index is 11.9. The molecule has 0 unspecified atom stereocenters. The number of hydrogen-bond donors (Lipinski definition) is 2. The van der Waals surface area contributed by atoms with E-state index >= 15 is 0 Å². The summed E-state index contributed by atoms with van der Waals surface area (Å²) in [4.78, 5) is 19.6. The van der Waals surface area contributed by atoms with Crippen LogP contribution in [0.3, 0.4) is 0 Å². The second-order valence-corrected chi connectivity index (χ2v) is 4.76. The van der Waals surface area contributed by atoms with E-state index in [1.807, 2.05) is 18.2 Å². The SMILES string of the molecule is N#CN=C(Cc1cncc(C(=O)NCCO)c1)Oc1ccccc1. The lowest BCUT2D eigenvalue weighted by molar-refractivity contribution is 0.0944. The molecule has 0 saturated heterocycles. The minimum Gasteiger partial charge on any atom is -0.442 e. The number of aliphatic hydroxyl groups excluding tert-OH is 1. The van der Waals surface area contributed by atoms with E-state index in [1.165, 1.54) is 6.20 Å². The van der Waals surface area contributed by atoms with Crippen LogP contribution < -0.4 is 10.1 Å². The molecule has 24 heavy (non-hydrogen) atoms. The Bertz CT molecular complexity index is 754. The molecule has 1 aromatic heterocycles. The Balaban J connectivity index is 2.11. The van der Waals surface area contributed by atoms with Crippen LogP contribution in [0.4, 0.5) is 0 Å². The topological polar surface area (TPSA) is 108 Å². The lowest BCUT2D eigenvalue weighted by Gasteiger charge is -2.08. The second-order valence-electron chi connectivity index (χ2n) is 4.76. The molecule has 0 saturated carbocycles. The molecule has 2 N–H and O–H groups in total. The van der Waals surface area contributed by atoms with Gasteiger partial charge in [0.15, 0.2) is 0 Å². The third-order valence-corrected chi connectivity index (χ3v) is 2.96. The van der Waals surface area contributed by atoms with Gasteiger partial charge in [0.05, 0.1) is 18.6 Å². The molecule has 0 aliphatic heterocycles. The Morgan fingerprint density at radius 3 is 2.83 bits per heavy atom. The summed E-state index contributed by atoms with van der Waals surface area (Å²) in [5.41, 5.74) is 1.04. The number of hydrogen-bond acceptors (Lipinski definition) is 6. The van der Waals surface area contributed by atoms with Gasteiger partial charge in [0.2, 0.25) is 12.1 Å². The third kappa shape index (κ3) is 5.19. The molecule has 122 valence electrons. The number of nitriles is 1. The van der Waals surface area contributed by atoms with Gasteiger partial charge in [0.25, 0.3) is 5.91 Å². The average molecular weight is 324 g/mol. The highest BCUT2D eigenvalue weighted by molar-refractivity contribution is 5.94. The van der Waals surface area contributed by atoms with Crippen molar-refractivity contribution in [2.75, 3.05) is 13.2 Å². The first-order valence-electron chi connectivity index (χ1n) is 7.24. The molecule has 0 atom stereocenters. The van der Waals surface area contributed by atoms with Gasteiger partial charge in [0.1, 0.15) is 5.75 Å². The number of carbonyl (C=O) groups is 1. The summed E-state index contributed by atoms with van der Waals surface area (Å²) in [5.74, 6) is 0.441. The van der Waals surface area contributed by atoms with Crippen LogP contribution in [0, 0.1) is 11.5 Å². The number of aromatic nitrogens is 1. The lowest BCUT2D eigenvalue weighted by Crippen LogP contribution is -2.26. The van der Waals surface area contributed by atoms with Crippen molar-refractivity contribution in [3.63, 3.8) is 0 Å². The van der Waals surface area contributed by atoms with E-state index < -0.39 is 0 Å². The van der Waals surface area contributed by atoms with Crippen molar-refractivity contribution in [3.8, 4) is 11.9 Å². The largest absolute Gasteiger partial charge is 0.442 e. The molecule has 0 aliphatic rings. The number of ether oxygens (including phenoxy) is 1. The molecule has 1 amide bonds. The van der Waals surface area contributed by atoms with Gasteiger partial charge < -0.3 is 15.2 Å². The zero-order valence-corrected chi connectivity index (χ0v) is 12.8. The lowest BCUT2D eigenvalue weighted by atomic mass is 10.1. The molecule has 1 heterocycles. The Morgan fingerprint density at radius 1 is 1.33 bits per heavy atom. The molecular formula is C17H16N4O3. The Labute approximate surface area is 139 Å². The Kier molecular flexibility index (Phi) is 6.44. The van der Waals surface area contributed by atoms with Crippen LogP contribution in [0.1, 0.15) is 15.9 Å². The summed E-state index contributed by atoms with van der Waals surface area (Å²) in [5, 5.41) is 20.1. The maximum absolute atomic E-state index is 11.9. The normalized spacial score (nSPS) is 10.8. The predicted octanol–water partition coefficient (Wildman–Crippen LogP) is 1.30. The smallest absolute Gasteiger partial charge is 0.252 e. The minimum atomic E-state index is -0.332. The Hall–Kier alpha value is -3.24. The van der Waals surface area contributed by atoms with E-state index in [9.17, 15) is 4.79 Å². The third-order valence-electron chi connectivity index (χ3n) is 2.96. The maximum Gasteiger partial charge on any atom is 0.252 e. The number of amides is 1. The van der Waals surface area contributed by atoms with Crippen LogP contribution in [0.2, 0.25) is 0 Å².